The molecule has 0 unspecified atom stereocenters. The van der Waals surface area contributed by atoms with Gasteiger partial charge in [0.1, 0.15) is 6.10 Å². The highest BCUT2D eigenvalue weighted by atomic mass is 19.4. The maximum atomic E-state index is 14.4. The number of nitrogens with one attached hydrogen (secondary N) is 1. The summed E-state index contributed by atoms with van der Waals surface area (Å²) in [4.78, 5) is 24.4. The van der Waals surface area contributed by atoms with E-state index in [2.05, 4.69) is 10.1 Å². The number of nitrogens with zero attached hydrogens (tertiary/aromatic N) is 1. The highest BCUT2D eigenvalue weighted by Crippen LogP contribution is 2.55. The second kappa shape index (κ2) is 9.44. The molecule has 0 bridgehead atoms. The van der Waals surface area contributed by atoms with E-state index in [9.17, 15) is 45.5 Å². The molecular weight excluding hydrogens is 507 g/mol. The fraction of sp³-hybridized carbons (Fsp3) is 0.381. The lowest BCUT2D eigenvalue weighted by Gasteiger charge is -2.32. The van der Waals surface area contributed by atoms with E-state index in [1.807, 2.05) is 0 Å². The average Bonchev–Trinajstić information content (AvgIpc) is 3.04. The number of rotatable bonds is 6. The van der Waals surface area contributed by atoms with Gasteiger partial charge >= 0.3 is 18.7 Å². The van der Waals surface area contributed by atoms with Crippen LogP contribution in [-0.4, -0.2) is 36.3 Å². The van der Waals surface area contributed by atoms with Crippen LogP contribution in [-0.2, 0) is 9.53 Å². The zero-order valence-electron chi connectivity index (χ0n) is 18.4. The Morgan fingerprint density at radius 2 is 1.89 bits per heavy atom. The van der Waals surface area contributed by atoms with Crippen molar-refractivity contribution in [3.63, 3.8) is 0 Å². The van der Waals surface area contributed by atoms with Gasteiger partial charge in [-0.1, -0.05) is 13.0 Å². The smallest absolute Gasteiger partial charge is 0.417 e. The monoisotopic (exact) mass is 525 g/mol. The van der Waals surface area contributed by atoms with E-state index in [4.69, 9.17) is 10.5 Å². The Labute approximate surface area is 198 Å². The van der Waals surface area contributed by atoms with Gasteiger partial charge < -0.3 is 25.7 Å². The van der Waals surface area contributed by atoms with Crippen LogP contribution >= 0.6 is 0 Å². The van der Waals surface area contributed by atoms with Crippen molar-refractivity contribution in [2.45, 2.75) is 44.3 Å². The molecule has 0 aliphatic carbocycles. The molecule has 3 N–H and O–H groups in total. The minimum atomic E-state index is -5.08. The van der Waals surface area contributed by atoms with Gasteiger partial charge in [-0.05, 0) is 13.0 Å². The summed E-state index contributed by atoms with van der Waals surface area (Å²) in [7, 11) is 0. The van der Waals surface area contributed by atoms with Crippen molar-refractivity contribution < 1.29 is 54.5 Å². The molecule has 1 aromatic carbocycles. The number of carbonyl (C=O) groups excluding carboxylic acids is 2. The molecule has 0 radical (unpaired) electrons. The Morgan fingerprint density at radius 1 is 1.25 bits per heavy atom. The first-order valence-corrected chi connectivity index (χ1v) is 10.1. The zero-order chi connectivity index (χ0) is 27.2. The van der Waals surface area contributed by atoms with E-state index < -0.39 is 76.8 Å². The Bertz CT molecular complexity index is 1190. The lowest BCUT2D eigenvalue weighted by molar-refractivity contribution is -0.607. The van der Waals surface area contributed by atoms with Crippen LogP contribution < -0.4 is 20.5 Å². The lowest BCUT2D eigenvalue weighted by Crippen LogP contribution is -2.47. The van der Waals surface area contributed by atoms with Gasteiger partial charge in [0.05, 0.1) is 5.69 Å². The molecule has 1 aliphatic heterocycles. The summed E-state index contributed by atoms with van der Waals surface area (Å²) in [5.74, 6) is -10.8. The van der Waals surface area contributed by atoms with Gasteiger partial charge in [-0.2, -0.15) is 31.1 Å². The molecule has 3 rings (SSSR count). The van der Waals surface area contributed by atoms with E-state index in [0.717, 1.165) is 31.3 Å². The number of pyridine rings is 1. The van der Waals surface area contributed by atoms with E-state index in [1.54, 1.807) is 0 Å². The van der Waals surface area contributed by atoms with Crippen LogP contribution in [0.15, 0.2) is 30.5 Å². The highest BCUT2D eigenvalue weighted by Gasteiger charge is 2.66. The number of aromatic nitrogens is 1. The topological polar surface area (TPSA) is 118 Å². The number of ether oxygens (including phenoxy) is 2. The molecule has 0 spiro atoms. The summed E-state index contributed by atoms with van der Waals surface area (Å²) >= 11 is 0. The number of hydrogen-bond donors (Lipinski definition) is 2. The quantitative estimate of drug-likeness (QED) is 0.341. The number of alkyl halides is 5. The van der Waals surface area contributed by atoms with Crippen molar-refractivity contribution in [1.29, 1.82) is 0 Å². The number of halogens is 7. The van der Waals surface area contributed by atoms with Crippen molar-refractivity contribution in [2.75, 3.05) is 5.32 Å². The molecule has 196 valence electrons. The standard InChI is InChI=1S/C21H18F7N3O5/c1-8-13(10-3-4-11(22)14(23)15(10)35-19(24)25)16(36-20(8,2)21(26,27)28)18(33)30-9-5-6-31(34)12(7-9)17(29)32/h3-8,13,16,19H,1-2H3,(H2,29,32)(H,30,33)/t8-,13+,16-,20-/m0/s1. The third kappa shape index (κ3) is 4.74. The Kier molecular flexibility index (Phi) is 7.08. The highest BCUT2D eigenvalue weighted by molar-refractivity contribution is 5.97. The van der Waals surface area contributed by atoms with E-state index >= 15 is 0 Å². The summed E-state index contributed by atoms with van der Waals surface area (Å²) in [5, 5.41) is 13.8. The molecule has 2 aromatic rings. The molecule has 2 amide bonds. The van der Waals surface area contributed by atoms with Crippen molar-refractivity contribution >= 4 is 17.5 Å². The Hall–Kier alpha value is -3.62. The van der Waals surface area contributed by atoms with Crippen LogP contribution in [0.4, 0.5) is 36.4 Å². The molecule has 8 nitrogen and oxygen atoms in total. The average molecular weight is 525 g/mol. The van der Waals surface area contributed by atoms with Crippen LogP contribution in [0.2, 0.25) is 0 Å². The number of nitrogens with two attached hydrogens (primary N) is 1. The molecule has 36 heavy (non-hydrogen) atoms. The molecule has 4 atom stereocenters. The first-order valence-electron chi connectivity index (χ1n) is 10.1. The molecular formula is C21H18F7N3O5. The number of anilines is 1. The Balaban J connectivity index is 2.11. The number of amides is 2. The fourth-order valence-electron chi connectivity index (χ4n) is 4.00. The lowest BCUT2D eigenvalue weighted by atomic mass is 9.77. The van der Waals surface area contributed by atoms with Gasteiger partial charge in [0.2, 0.25) is 5.82 Å². The van der Waals surface area contributed by atoms with Gasteiger partial charge in [0.25, 0.3) is 11.6 Å². The van der Waals surface area contributed by atoms with E-state index in [1.165, 1.54) is 0 Å². The minimum Gasteiger partial charge on any atom is -0.618 e. The molecule has 15 heteroatoms. The van der Waals surface area contributed by atoms with Crippen LogP contribution in [0.1, 0.15) is 35.8 Å². The third-order valence-corrected chi connectivity index (χ3v) is 6.01. The predicted octanol–water partition coefficient (Wildman–Crippen LogP) is 3.38. The summed E-state index contributed by atoms with van der Waals surface area (Å²) < 4.78 is 105. The second-order valence-corrected chi connectivity index (χ2v) is 8.10. The summed E-state index contributed by atoms with van der Waals surface area (Å²) in [6.07, 6.45) is -6.38. The van der Waals surface area contributed by atoms with Crippen molar-refractivity contribution in [1.82, 2.24) is 0 Å². The summed E-state index contributed by atoms with van der Waals surface area (Å²) in [5.41, 5.74) is 0.502. The normalized spacial score (nSPS) is 24.1. The van der Waals surface area contributed by atoms with Gasteiger partial charge in [0.15, 0.2) is 23.4 Å². The van der Waals surface area contributed by atoms with E-state index in [0.29, 0.717) is 13.0 Å². The maximum Gasteiger partial charge on any atom is 0.417 e. The van der Waals surface area contributed by atoms with E-state index in [-0.39, 0.29) is 10.4 Å². The van der Waals surface area contributed by atoms with Crippen molar-refractivity contribution in [2.24, 2.45) is 11.7 Å². The summed E-state index contributed by atoms with van der Waals surface area (Å²) in [6, 6.07) is 3.04. The van der Waals surface area contributed by atoms with Gasteiger partial charge in [0, 0.05) is 29.5 Å². The van der Waals surface area contributed by atoms with Crippen LogP contribution in [0.3, 0.4) is 0 Å². The van der Waals surface area contributed by atoms with Crippen LogP contribution in [0.25, 0.3) is 0 Å². The molecule has 2 heterocycles. The number of carbonyl (C=O) groups is 2. The van der Waals surface area contributed by atoms with Gasteiger partial charge in [-0.3, -0.25) is 9.59 Å². The van der Waals surface area contributed by atoms with Crippen molar-refractivity contribution in [3.8, 4) is 5.75 Å². The largest absolute Gasteiger partial charge is 0.618 e. The van der Waals surface area contributed by atoms with Gasteiger partial charge in [-0.25, -0.2) is 4.39 Å². The fourth-order valence-corrected chi connectivity index (χ4v) is 4.00. The maximum absolute atomic E-state index is 14.4. The number of hydrogen-bond acceptors (Lipinski definition) is 5. The number of benzene rings is 1. The predicted molar refractivity (Wildman–Crippen MR) is 107 cm³/mol. The molecule has 1 fully saturated rings. The number of primary amides is 1. The summed E-state index contributed by atoms with van der Waals surface area (Å²) in [6.45, 7) is -2.07. The second-order valence-electron chi connectivity index (χ2n) is 8.10. The SMILES string of the molecule is C[C@H]1[C@H](c2ccc(F)c(F)c2OC(F)F)[C@@H](C(=O)Nc2cc[n+]([O-])c(C(N)=O)c2)O[C@]1(C)C(F)(F)F. The first-order chi connectivity index (χ1) is 16.6. The van der Waals surface area contributed by atoms with Crippen LogP contribution in [0.5, 0.6) is 5.75 Å². The molecule has 1 aromatic heterocycles. The van der Waals surface area contributed by atoms with Crippen molar-refractivity contribution in [3.05, 3.63) is 58.6 Å². The first kappa shape index (κ1) is 27.0. The minimum absolute atomic E-state index is 0.0743. The third-order valence-electron chi connectivity index (χ3n) is 6.01. The van der Waals surface area contributed by atoms with Crippen LogP contribution in [0, 0.1) is 22.8 Å². The van der Waals surface area contributed by atoms with Gasteiger partial charge in [-0.15, -0.1) is 0 Å². The molecule has 1 saturated heterocycles. The zero-order valence-corrected chi connectivity index (χ0v) is 18.4. The Morgan fingerprint density at radius 3 is 2.44 bits per heavy atom. The molecule has 1 aliphatic rings. The molecule has 0 saturated carbocycles.